The van der Waals surface area contributed by atoms with Crippen LogP contribution < -0.4 is 10.1 Å². The van der Waals surface area contributed by atoms with Crippen molar-refractivity contribution >= 4 is 28.3 Å². The summed E-state index contributed by atoms with van der Waals surface area (Å²) >= 11 is 2.35. The standard InChI is InChI=1S/C16H16INO/c1-16(2)15(11-7-3-6-10-14(11)19-16)18-13-9-5-4-8-12(13)17/h3-10,15,18H,1-2H3. The number of anilines is 1. The third-order valence-electron chi connectivity index (χ3n) is 3.47. The summed E-state index contributed by atoms with van der Waals surface area (Å²) in [7, 11) is 0. The summed E-state index contributed by atoms with van der Waals surface area (Å²) in [5.41, 5.74) is 2.14. The van der Waals surface area contributed by atoms with Gasteiger partial charge < -0.3 is 10.1 Å². The van der Waals surface area contributed by atoms with E-state index in [1.807, 2.05) is 12.1 Å². The molecule has 2 aromatic rings. The van der Waals surface area contributed by atoms with Gasteiger partial charge >= 0.3 is 0 Å². The van der Waals surface area contributed by atoms with Gasteiger partial charge in [-0.2, -0.15) is 0 Å². The number of benzene rings is 2. The fourth-order valence-corrected chi connectivity index (χ4v) is 3.06. The number of para-hydroxylation sites is 2. The van der Waals surface area contributed by atoms with Crippen molar-refractivity contribution < 1.29 is 4.74 Å². The van der Waals surface area contributed by atoms with Gasteiger partial charge in [0.05, 0.1) is 6.04 Å². The second kappa shape index (κ2) is 4.71. The zero-order valence-corrected chi connectivity index (χ0v) is 13.1. The summed E-state index contributed by atoms with van der Waals surface area (Å²) < 4.78 is 7.28. The molecule has 3 rings (SSSR count). The molecule has 0 aromatic heterocycles. The van der Waals surface area contributed by atoms with E-state index < -0.39 is 0 Å². The van der Waals surface area contributed by atoms with Crippen molar-refractivity contribution in [3.63, 3.8) is 0 Å². The lowest BCUT2D eigenvalue weighted by atomic mass is 9.94. The molecule has 1 unspecified atom stereocenters. The van der Waals surface area contributed by atoms with Gasteiger partial charge in [0.2, 0.25) is 0 Å². The van der Waals surface area contributed by atoms with Crippen molar-refractivity contribution in [1.29, 1.82) is 0 Å². The lowest BCUT2D eigenvalue weighted by molar-refractivity contribution is 0.118. The van der Waals surface area contributed by atoms with Gasteiger partial charge in [-0.05, 0) is 54.6 Å². The molecule has 1 aliphatic heterocycles. The maximum atomic E-state index is 6.05. The highest BCUT2D eigenvalue weighted by molar-refractivity contribution is 14.1. The van der Waals surface area contributed by atoms with Gasteiger partial charge in [-0.25, -0.2) is 0 Å². The van der Waals surface area contributed by atoms with E-state index in [0.717, 1.165) is 11.4 Å². The van der Waals surface area contributed by atoms with E-state index in [-0.39, 0.29) is 11.6 Å². The number of rotatable bonds is 2. The van der Waals surface area contributed by atoms with E-state index in [1.54, 1.807) is 0 Å². The number of hydrogen-bond donors (Lipinski definition) is 1. The Hall–Kier alpha value is -1.23. The number of halogens is 1. The number of hydrogen-bond acceptors (Lipinski definition) is 2. The SMILES string of the molecule is CC1(C)Oc2ccccc2C1Nc1ccccc1I. The summed E-state index contributed by atoms with van der Waals surface area (Å²) in [4.78, 5) is 0. The molecule has 19 heavy (non-hydrogen) atoms. The molecule has 0 aliphatic carbocycles. The Kier molecular flexibility index (Phi) is 3.17. The Morgan fingerprint density at radius 1 is 1.05 bits per heavy atom. The Morgan fingerprint density at radius 3 is 2.53 bits per heavy atom. The minimum atomic E-state index is -0.247. The maximum absolute atomic E-state index is 6.05. The van der Waals surface area contributed by atoms with Crippen LogP contribution in [0, 0.1) is 3.57 Å². The van der Waals surface area contributed by atoms with Crippen molar-refractivity contribution in [2.75, 3.05) is 5.32 Å². The van der Waals surface area contributed by atoms with Gasteiger partial charge in [-0.1, -0.05) is 30.3 Å². The van der Waals surface area contributed by atoms with E-state index in [9.17, 15) is 0 Å². The van der Waals surface area contributed by atoms with Crippen molar-refractivity contribution in [2.24, 2.45) is 0 Å². The van der Waals surface area contributed by atoms with Gasteiger partial charge in [-0.15, -0.1) is 0 Å². The molecule has 2 aromatic carbocycles. The monoisotopic (exact) mass is 365 g/mol. The second-order valence-electron chi connectivity index (χ2n) is 5.30. The van der Waals surface area contributed by atoms with Crippen molar-refractivity contribution in [3.05, 3.63) is 57.7 Å². The fourth-order valence-electron chi connectivity index (χ4n) is 2.51. The highest BCUT2D eigenvalue weighted by Crippen LogP contribution is 2.44. The highest BCUT2D eigenvalue weighted by Gasteiger charge is 2.41. The van der Waals surface area contributed by atoms with Crippen molar-refractivity contribution in [1.82, 2.24) is 0 Å². The summed E-state index contributed by atoms with van der Waals surface area (Å²) in [6.45, 7) is 4.25. The predicted octanol–water partition coefficient (Wildman–Crippen LogP) is 4.62. The molecule has 0 saturated carbocycles. The molecule has 0 fully saturated rings. The third kappa shape index (κ3) is 2.31. The average molecular weight is 365 g/mol. The highest BCUT2D eigenvalue weighted by atomic mass is 127. The van der Waals surface area contributed by atoms with Crippen LogP contribution in [-0.4, -0.2) is 5.60 Å². The van der Waals surface area contributed by atoms with E-state index in [4.69, 9.17) is 4.74 Å². The summed E-state index contributed by atoms with van der Waals surface area (Å²) in [6.07, 6.45) is 0. The van der Waals surface area contributed by atoms with Crippen LogP contribution in [0.1, 0.15) is 25.5 Å². The summed E-state index contributed by atoms with van der Waals surface area (Å²) in [5.74, 6) is 0.982. The molecule has 1 atom stereocenters. The molecule has 1 heterocycles. The first-order valence-corrected chi connectivity index (χ1v) is 7.45. The normalized spacial score (nSPS) is 19.6. The molecule has 3 heteroatoms. The van der Waals surface area contributed by atoms with Crippen LogP contribution >= 0.6 is 22.6 Å². The molecular weight excluding hydrogens is 349 g/mol. The lowest BCUT2D eigenvalue weighted by Gasteiger charge is -2.28. The number of nitrogens with one attached hydrogen (secondary N) is 1. The molecule has 1 N–H and O–H groups in total. The number of fused-ring (bicyclic) bond motifs is 1. The quantitative estimate of drug-likeness (QED) is 0.785. The Balaban J connectivity index is 1.98. The molecular formula is C16H16INO. The minimum Gasteiger partial charge on any atom is -0.485 e. The maximum Gasteiger partial charge on any atom is 0.128 e. The van der Waals surface area contributed by atoms with Gasteiger partial charge in [0.15, 0.2) is 0 Å². The smallest absolute Gasteiger partial charge is 0.128 e. The molecule has 98 valence electrons. The summed E-state index contributed by atoms with van der Waals surface area (Å²) in [6, 6.07) is 16.7. The van der Waals surface area contributed by atoms with E-state index in [1.165, 1.54) is 9.13 Å². The zero-order valence-electron chi connectivity index (χ0n) is 11.0. The minimum absolute atomic E-state index is 0.166. The molecule has 1 aliphatic rings. The van der Waals surface area contributed by atoms with Crippen LogP contribution in [0.2, 0.25) is 0 Å². The third-order valence-corrected chi connectivity index (χ3v) is 4.41. The van der Waals surface area contributed by atoms with E-state index in [2.05, 4.69) is 78.2 Å². The van der Waals surface area contributed by atoms with Crippen LogP contribution in [0.25, 0.3) is 0 Å². The molecule has 0 spiro atoms. The Morgan fingerprint density at radius 2 is 1.74 bits per heavy atom. The first-order valence-electron chi connectivity index (χ1n) is 6.37. The molecule has 0 bridgehead atoms. The van der Waals surface area contributed by atoms with Crippen molar-refractivity contribution in [2.45, 2.75) is 25.5 Å². The van der Waals surface area contributed by atoms with Crippen LogP contribution in [0.5, 0.6) is 5.75 Å². The van der Waals surface area contributed by atoms with E-state index >= 15 is 0 Å². The van der Waals surface area contributed by atoms with Gasteiger partial charge in [0, 0.05) is 14.8 Å². The first kappa shape index (κ1) is 12.8. The van der Waals surface area contributed by atoms with Gasteiger partial charge in [0.1, 0.15) is 11.4 Å². The zero-order chi connectivity index (χ0) is 13.5. The largest absolute Gasteiger partial charge is 0.485 e. The second-order valence-corrected chi connectivity index (χ2v) is 6.46. The molecule has 0 amide bonds. The Labute approximate surface area is 127 Å². The lowest BCUT2D eigenvalue weighted by Crippen LogP contribution is -2.34. The van der Waals surface area contributed by atoms with Crippen LogP contribution in [0.15, 0.2) is 48.5 Å². The number of ether oxygens (including phenoxy) is 1. The van der Waals surface area contributed by atoms with Crippen molar-refractivity contribution in [3.8, 4) is 5.75 Å². The summed E-state index contributed by atoms with van der Waals surface area (Å²) in [5, 5.41) is 3.62. The van der Waals surface area contributed by atoms with Gasteiger partial charge in [-0.3, -0.25) is 0 Å². The van der Waals surface area contributed by atoms with E-state index in [0.29, 0.717) is 0 Å². The Bertz CT molecular complexity index is 609. The average Bonchev–Trinajstić information content (AvgIpc) is 2.63. The molecule has 0 radical (unpaired) electrons. The van der Waals surface area contributed by atoms with Crippen LogP contribution in [-0.2, 0) is 0 Å². The fraction of sp³-hybridized carbons (Fsp3) is 0.250. The van der Waals surface area contributed by atoms with Crippen LogP contribution in [0.3, 0.4) is 0 Å². The topological polar surface area (TPSA) is 21.3 Å². The predicted molar refractivity (Wildman–Crippen MR) is 86.7 cm³/mol. The van der Waals surface area contributed by atoms with Gasteiger partial charge in [0.25, 0.3) is 0 Å². The van der Waals surface area contributed by atoms with Crippen LogP contribution in [0.4, 0.5) is 5.69 Å². The molecule has 2 nitrogen and oxygen atoms in total. The molecule has 0 saturated heterocycles. The first-order chi connectivity index (χ1) is 9.08.